The minimum absolute atomic E-state index is 0.304. The molecule has 1 heterocycles. The summed E-state index contributed by atoms with van der Waals surface area (Å²) in [5.74, 6) is 1.15. The van der Waals surface area contributed by atoms with Crippen LogP contribution < -0.4 is 5.32 Å². The van der Waals surface area contributed by atoms with Crippen molar-refractivity contribution in [2.24, 2.45) is 7.05 Å². The smallest absolute Gasteiger partial charge is 0.129 e. The van der Waals surface area contributed by atoms with Crippen LogP contribution in [-0.4, -0.2) is 16.1 Å². The molecule has 1 N–H and O–H groups in total. The zero-order valence-electron chi connectivity index (χ0n) is 12.4. The van der Waals surface area contributed by atoms with E-state index in [2.05, 4.69) is 34.9 Å². The minimum atomic E-state index is 0.304. The Morgan fingerprint density at radius 1 is 1.32 bits per heavy atom. The molecule has 0 fully saturated rings. The Morgan fingerprint density at radius 3 is 2.89 bits per heavy atom. The van der Waals surface area contributed by atoms with Crippen molar-refractivity contribution in [3.8, 4) is 0 Å². The normalized spacial score (nSPS) is 21.3. The number of nitrogens with one attached hydrogen (secondary N) is 1. The van der Waals surface area contributed by atoms with Gasteiger partial charge < -0.3 is 9.88 Å². The molecule has 2 rings (SSSR count). The van der Waals surface area contributed by atoms with Crippen molar-refractivity contribution in [1.29, 1.82) is 0 Å². The topological polar surface area (TPSA) is 29.9 Å². The van der Waals surface area contributed by atoms with E-state index >= 15 is 0 Å². The van der Waals surface area contributed by atoms with Crippen molar-refractivity contribution in [2.45, 2.75) is 57.9 Å². The van der Waals surface area contributed by atoms with Gasteiger partial charge in [0, 0.05) is 19.4 Å². The van der Waals surface area contributed by atoms with Crippen molar-refractivity contribution in [3.63, 3.8) is 0 Å². The molecule has 1 aromatic rings. The van der Waals surface area contributed by atoms with E-state index in [9.17, 15) is 0 Å². The van der Waals surface area contributed by atoms with Crippen molar-refractivity contribution >= 4 is 0 Å². The van der Waals surface area contributed by atoms with Gasteiger partial charge in [0.2, 0.25) is 0 Å². The van der Waals surface area contributed by atoms with Crippen LogP contribution in [-0.2, 0) is 7.05 Å². The Balaban J connectivity index is 2.18. The largest absolute Gasteiger partial charge is 0.336 e. The molecule has 1 atom stereocenters. The van der Waals surface area contributed by atoms with Gasteiger partial charge in [-0.15, -0.1) is 0 Å². The van der Waals surface area contributed by atoms with Crippen LogP contribution in [0, 0.1) is 0 Å². The Kier molecular flexibility index (Phi) is 5.64. The number of allylic oxidation sites excluding steroid dienone is 1. The first-order valence-corrected chi connectivity index (χ1v) is 7.72. The van der Waals surface area contributed by atoms with Crippen molar-refractivity contribution < 1.29 is 0 Å². The zero-order valence-corrected chi connectivity index (χ0v) is 12.4. The molecule has 3 heteroatoms. The third-order valence-electron chi connectivity index (χ3n) is 3.91. The molecule has 0 aromatic carbocycles. The molecular weight excluding hydrogens is 234 g/mol. The first-order valence-electron chi connectivity index (χ1n) is 7.72. The maximum Gasteiger partial charge on any atom is 0.129 e. The number of nitrogens with zero attached hydrogens (tertiary/aromatic N) is 2. The van der Waals surface area contributed by atoms with Gasteiger partial charge in [-0.3, -0.25) is 0 Å². The van der Waals surface area contributed by atoms with Crippen LogP contribution in [0.5, 0.6) is 0 Å². The quantitative estimate of drug-likeness (QED) is 0.818. The summed E-state index contributed by atoms with van der Waals surface area (Å²) in [6.07, 6.45) is 15.4. The molecule has 0 radical (unpaired) electrons. The van der Waals surface area contributed by atoms with Crippen LogP contribution >= 0.6 is 0 Å². The SMILES string of the molecule is CCCNC(/C1=C/CCCCCC1)c1nccn1C. The molecule has 0 spiro atoms. The van der Waals surface area contributed by atoms with E-state index in [1.54, 1.807) is 5.57 Å². The lowest BCUT2D eigenvalue weighted by molar-refractivity contribution is 0.512. The van der Waals surface area contributed by atoms with E-state index < -0.39 is 0 Å². The zero-order chi connectivity index (χ0) is 13.5. The molecule has 1 aliphatic carbocycles. The number of rotatable bonds is 5. The van der Waals surface area contributed by atoms with E-state index in [1.807, 2.05) is 12.4 Å². The van der Waals surface area contributed by atoms with E-state index in [0.717, 1.165) is 18.8 Å². The van der Waals surface area contributed by atoms with Crippen LogP contribution in [0.25, 0.3) is 0 Å². The molecule has 1 aromatic heterocycles. The Labute approximate surface area is 117 Å². The highest BCUT2D eigenvalue weighted by Gasteiger charge is 2.20. The van der Waals surface area contributed by atoms with Crippen molar-refractivity contribution in [1.82, 2.24) is 14.9 Å². The maximum atomic E-state index is 4.56. The number of hydrogen-bond acceptors (Lipinski definition) is 2. The number of aryl methyl sites for hydroxylation is 1. The molecule has 3 nitrogen and oxygen atoms in total. The summed E-state index contributed by atoms with van der Waals surface area (Å²) in [6.45, 7) is 3.27. The number of hydrogen-bond donors (Lipinski definition) is 1. The second-order valence-corrected chi connectivity index (χ2v) is 5.52. The highest BCUT2D eigenvalue weighted by atomic mass is 15.1. The summed E-state index contributed by atoms with van der Waals surface area (Å²) < 4.78 is 2.15. The fourth-order valence-corrected chi connectivity index (χ4v) is 2.81. The van der Waals surface area contributed by atoms with Gasteiger partial charge >= 0.3 is 0 Å². The first kappa shape index (κ1) is 14.3. The third kappa shape index (κ3) is 3.93. The van der Waals surface area contributed by atoms with Gasteiger partial charge in [0.1, 0.15) is 5.82 Å². The predicted octanol–water partition coefficient (Wildman–Crippen LogP) is 3.74. The lowest BCUT2D eigenvalue weighted by Gasteiger charge is -2.23. The average Bonchev–Trinajstić information content (AvgIpc) is 2.78. The van der Waals surface area contributed by atoms with Crippen molar-refractivity contribution in [2.75, 3.05) is 6.54 Å². The lowest BCUT2D eigenvalue weighted by atomic mass is 9.94. The summed E-state index contributed by atoms with van der Waals surface area (Å²) in [5.41, 5.74) is 1.54. The van der Waals surface area contributed by atoms with Crippen LogP contribution in [0.3, 0.4) is 0 Å². The summed E-state index contributed by atoms with van der Waals surface area (Å²) in [7, 11) is 2.09. The second kappa shape index (κ2) is 7.49. The molecule has 1 unspecified atom stereocenters. The van der Waals surface area contributed by atoms with E-state index in [1.165, 1.54) is 38.5 Å². The van der Waals surface area contributed by atoms with Crippen LogP contribution in [0.1, 0.15) is 63.7 Å². The molecule has 106 valence electrons. The van der Waals surface area contributed by atoms with Crippen LogP contribution in [0.2, 0.25) is 0 Å². The summed E-state index contributed by atoms with van der Waals surface area (Å²) >= 11 is 0. The Hall–Kier alpha value is -1.09. The fraction of sp³-hybridized carbons (Fsp3) is 0.688. The maximum absolute atomic E-state index is 4.56. The van der Waals surface area contributed by atoms with Crippen LogP contribution in [0.15, 0.2) is 24.0 Å². The third-order valence-corrected chi connectivity index (χ3v) is 3.91. The fourth-order valence-electron chi connectivity index (χ4n) is 2.81. The summed E-state index contributed by atoms with van der Waals surface area (Å²) in [5, 5.41) is 3.68. The standard InChI is InChI=1S/C16H27N3/c1-3-11-17-15(16-18-12-13-19(16)2)14-9-7-5-4-6-8-10-14/h9,12-13,15,17H,3-8,10-11H2,1-2H3/b14-9+. The van der Waals surface area contributed by atoms with Gasteiger partial charge in [-0.05, 0) is 44.2 Å². The summed E-state index contributed by atoms with van der Waals surface area (Å²) in [6, 6.07) is 0.304. The van der Waals surface area contributed by atoms with Gasteiger partial charge in [-0.25, -0.2) is 4.98 Å². The molecule has 19 heavy (non-hydrogen) atoms. The highest BCUT2D eigenvalue weighted by Crippen LogP contribution is 2.27. The molecule has 0 aliphatic heterocycles. The first-order chi connectivity index (χ1) is 9.33. The molecule has 1 aliphatic rings. The van der Waals surface area contributed by atoms with Gasteiger partial charge in [-0.1, -0.05) is 25.8 Å². The Morgan fingerprint density at radius 2 is 2.16 bits per heavy atom. The molecule has 0 amide bonds. The Bertz CT molecular complexity index is 406. The lowest BCUT2D eigenvalue weighted by Crippen LogP contribution is -2.26. The van der Waals surface area contributed by atoms with Crippen LogP contribution in [0.4, 0.5) is 0 Å². The minimum Gasteiger partial charge on any atom is -0.336 e. The predicted molar refractivity (Wildman–Crippen MR) is 80.0 cm³/mol. The molecular formula is C16H27N3. The molecule has 0 bridgehead atoms. The van der Waals surface area contributed by atoms with Crippen molar-refractivity contribution in [3.05, 3.63) is 29.9 Å². The van der Waals surface area contributed by atoms with Gasteiger partial charge in [0.05, 0.1) is 6.04 Å². The molecule has 0 saturated heterocycles. The summed E-state index contributed by atoms with van der Waals surface area (Å²) in [4.78, 5) is 4.56. The van der Waals surface area contributed by atoms with E-state index in [-0.39, 0.29) is 0 Å². The van der Waals surface area contributed by atoms with E-state index in [4.69, 9.17) is 0 Å². The monoisotopic (exact) mass is 261 g/mol. The van der Waals surface area contributed by atoms with Gasteiger partial charge in [0.15, 0.2) is 0 Å². The number of aromatic nitrogens is 2. The highest BCUT2D eigenvalue weighted by molar-refractivity contribution is 5.19. The number of imidazole rings is 1. The average molecular weight is 261 g/mol. The van der Waals surface area contributed by atoms with Gasteiger partial charge in [0.25, 0.3) is 0 Å². The van der Waals surface area contributed by atoms with E-state index in [0.29, 0.717) is 6.04 Å². The van der Waals surface area contributed by atoms with Gasteiger partial charge in [-0.2, -0.15) is 0 Å². The second-order valence-electron chi connectivity index (χ2n) is 5.52. The molecule has 0 saturated carbocycles.